The van der Waals surface area contributed by atoms with Crippen LogP contribution in [-0.4, -0.2) is 25.3 Å². The molecule has 0 aromatic heterocycles. The molecule has 0 amide bonds. The second kappa shape index (κ2) is 7.13. The molecular weight excluding hydrogens is 293 g/mol. The number of rotatable bonds is 4. The number of ether oxygens (including phenoxy) is 1. The molecule has 0 spiro atoms. The first kappa shape index (κ1) is 16.1. The fourth-order valence-corrected chi connectivity index (χ4v) is 3.49. The van der Waals surface area contributed by atoms with E-state index in [9.17, 15) is 0 Å². The maximum absolute atomic E-state index is 6.18. The monoisotopic (exact) mass is 315 g/mol. The van der Waals surface area contributed by atoms with E-state index in [1.165, 1.54) is 5.56 Å². The Morgan fingerprint density at radius 2 is 2.00 bits per heavy atom. The molecule has 3 unspecified atom stereocenters. The van der Waals surface area contributed by atoms with E-state index >= 15 is 0 Å². The first-order valence-electron chi connectivity index (χ1n) is 7.31. The first-order chi connectivity index (χ1) is 9.52. The number of benzene rings is 1. The zero-order valence-electron chi connectivity index (χ0n) is 12.3. The van der Waals surface area contributed by atoms with Crippen LogP contribution in [0.25, 0.3) is 0 Å². The molecule has 1 heterocycles. The molecule has 4 heteroatoms. The quantitative estimate of drug-likeness (QED) is 0.883. The van der Waals surface area contributed by atoms with Gasteiger partial charge in [-0.15, -0.1) is 0 Å². The summed E-state index contributed by atoms with van der Waals surface area (Å²) in [6.45, 7) is 8.05. The summed E-state index contributed by atoms with van der Waals surface area (Å²) >= 11 is 12.2. The Morgan fingerprint density at radius 3 is 2.65 bits per heavy atom. The molecule has 0 saturated carbocycles. The molecule has 4 atom stereocenters. The van der Waals surface area contributed by atoms with Crippen LogP contribution in [0, 0.1) is 5.92 Å². The van der Waals surface area contributed by atoms with Crippen LogP contribution in [0.15, 0.2) is 18.2 Å². The lowest BCUT2D eigenvalue weighted by Crippen LogP contribution is -2.49. The van der Waals surface area contributed by atoms with Crippen LogP contribution in [0.1, 0.15) is 38.7 Å². The minimum atomic E-state index is 0.435. The maximum atomic E-state index is 6.18. The molecule has 2 rings (SSSR count). The van der Waals surface area contributed by atoms with Gasteiger partial charge in [-0.25, -0.2) is 0 Å². The highest BCUT2D eigenvalue weighted by molar-refractivity contribution is 6.42. The summed E-state index contributed by atoms with van der Waals surface area (Å²) < 4.78 is 5.69. The molecular formula is C16H23Cl2NO. The van der Waals surface area contributed by atoms with Crippen LogP contribution in [0.2, 0.25) is 10.0 Å². The Bertz CT molecular complexity index is 452. The largest absolute Gasteiger partial charge is 0.381 e. The van der Waals surface area contributed by atoms with Crippen LogP contribution >= 0.6 is 23.2 Å². The van der Waals surface area contributed by atoms with Crippen LogP contribution in [-0.2, 0) is 4.74 Å². The van der Waals surface area contributed by atoms with E-state index in [1.54, 1.807) is 0 Å². The summed E-state index contributed by atoms with van der Waals surface area (Å²) in [7, 11) is 0. The minimum Gasteiger partial charge on any atom is -0.381 e. The second-order valence-electron chi connectivity index (χ2n) is 5.70. The van der Waals surface area contributed by atoms with Crippen molar-refractivity contribution in [1.29, 1.82) is 0 Å². The van der Waals surface area contributed by atoms with Gasteiger partial charge >= 0.3 is 0 Å². The molecule has 20 heavy (non-hydrogen) atoms. The van der Waals surface area contributed by atoms with E-state index in [2.05, 4.69) is 25.2 Å². The molecule has 1 saturated heterocycles. The van der Waals surface area contributed by atoms with Gasteiger partial charge in [0.15, 0.2) is 0 Å². The number of piperidine rings is 1. The normalized spacial score (nSPS) is 30.4. The predicted molar refractivity (Wildman–Crippen MR) is 85.9 cm³/mol. The van der Waals surface area contributed by atoms with Gasteiger partial charge < -0.3 is 10.1 Å². The van der Waals surface area contributed by atoms with Gasteiger partial charge in [-0.05, 0) is 50.8 Å². The van der Waals surface area contributed by atoms with E-state index < -0.39 is 0 Å². The molecule has 2 nitrogen and oxygen atoms in total. The number of nitrogens with one attached hydrogen (secondary N) is 1. The molecule has 1 N–H and O–H groups in total. The average Bonchev–Trinajstić information content (AvgIpc) is 2.40. The third kappa shape index (κ3) is 3.67. The van der Waals surface area contributed by atoms with Crippen LogP contribution < -0.4 is 5.32 Å². The fourth-order valence-electron chi connectivity index (χ4n) is 3.19. The summed E-state index contributed by atoms with van der Waals surface area (Å²) in [5, 5.41) is 4.88. The highest BCUT2D eigenvalue weighted by Crippen LogP contribution is 2.37. The molecule has 0 aliphatic carbocycles. The van der Waals surface area contributed by atoms with Crippen molar-refractivity contribution in [2.75, 3.05) is 13.2 Å². The molecule has 112 valence electrons. The topological polar surface area (TPSA) is 21.3 Å². The van der Waals surface area contributed by atoms with Crippen LogP contribution in [0.5, 0.6) is 0 Å². The van der Waals surface area contributed by atoms with Crippen molar-refractivity contribution in [2.24, 2.45) is 5.92 Å². The lowest BCUT2D eigenvalue weighted by molar-refractivity contribution is 0.0652. The number of hydrogen-bond donors (Lipinski definition) is 1. The van der Waals surface area contributed by atoms with Crippen molar-refractivity contribution in [3.63, 3.8) is 0 Å². The van der Waals surface area contributed by atoms with E-state index in [0.29, 0.717) is 34.0 Å². The van der Waals surface area contributed by atoms with Gasteiger partial charge in [-0.1, -0.05) is 29.3 Å². The minimum absolute atomic E-state index is 0.435. The molecule has 0 bridgehead atoms. The lowest BCUT2D eigenvalue weighted by atomic mass is 9.75. The first-order valence-corrected chi connectivity index (χ1v) is 8.07. The molecule has 1 aliphatic rings. The Hall–Kier alpha value is -0.280. The van der Waals surface area contributed by atoms with Crippen molar-refractivity contribution < 1.29 is 4.74 Å². The Morgan fingerprint density at radius 1 is 1.25 bits per heavy atom. The van der Waals surface area contributed by atoms with Gasteiger partial charge in [-0.2, -0.15) is 0 Å². The van der Waals surface area contributed by atoms with Crippen molar-refractivity contribution in [1.82, 2.24) is 5.32 Å². The van der Waals surface area contributed by atoms with Gasteiger partial charge in [0.25, 0.3) is 0 Å². The van der Waals surface area contributed by atoms with Crippen molar-refractivity contribution >= 4 is 23.2 Å². The molecule has 0 radical (unpaired) electrons. The van der Waals surface area contributed by atoms with E-state index in [-0.39, 0.29) is 0 Å². The Labute approximate surface area is 131 Å². The zero-order valence-corrected chi connectivity index (χ0v) is 13.8. The van der Waals surface area contributed by atoms with Crippen molar-refractivity contribution in [3.8, 4) is 0 Å². The van der Waals surface area contributed by atoms with Crippen LogP contribution in [0.4, 0.5) is 0 Å². The number of halogens is 2. The average molecular weight is 316 g/mol. The van der Waals surface area contributed by atoms with Gasteiger partial charge in [0.2, 0.25) is 0 Å². The van der Waals surface area contributed by atoms with E-state index in [1.807, 2.05) is 19.1 Å². The maximum Gasteiger partial charge on any atom is 0.0595 e. The fraction of sp³-hybridized carbons (Fsp3) is 0.625. The van der Waals surface area contributed by atoms with Gasteiger partial charge in [-0.3, -0.25) is 0 Å². The Kier molecular flexibility index (Phi) is 5.74. The summed E-state index contributed by atoms with van der Waals surface area (Å²) in [6.07, 6.45) is 1.10. The molecule has 1 aromatic carbocycles. The summed E-state index contributed by atoms with van der Waals surface area (Å²) in [6, 6.07) is 6.95. The van der Waals surface area contributed by atoms with Gasteiger partial charge in [0, 0.05) is 24.6 Å². The lowest BCUT2D eigenvalue weighted by Gasteiger charge is -2.41. The molecule has 1 aromatic rings. The van der Waals surface area contributed by atoms with Crippen LogP contribution in [0.3, 0.4) is 0 Å². The zero-order chi connectivity index (χ0) is 14.7. The standard InChI is InChI=1S/C16H23Cl2NO/c1-4-20-9-14-11(3)19-10(2)7-13(14)12-5-6-15(17)16(18)8-12/h5-6,8,10-11,13-14,19H,4,7,9H2,1-3H3/t10?,11?,13?,14-/m0/s1. The smallest absolute Gasteiger partial charge is 0.0595 e. The summed E-state index contributed by atoms with van der Waals surface area (Å²) in [5.41, 5.74) is 1.27. The van der Waals surface area contributed by atoms with E-state index in [0.717, 1.165) is 19.6 Å². The number of hydrogen-bond acceptors (Lipinski definition) is 2. The summed E-state index contributed by atoms with van der Waals surface area (Å²) in [4.78, 5) is 0. The predicted octanol–water partition coefficient (Wildman–Crippen LogP) is 4.50. The highest BCUT2D eigenvalue weighted by Gasteiger charge is 2.34. The van der Waals surface area contributed by atoms with E-state index in [4.69, 9.17) is 27.9 Å². The molecule has 1 aliphatic heterocycles. The third-order valence-electron chi connectivity index (χ3n) is 4.20. The van der Waals surface area contributed by atoms with Crippen molar-refractivity contribution in [2.45, 2.75) is 45.2 Å². The summed E-state index contributed by atoms with van der Waals surface area (Å²) in [5.74, 6) is 0.922. The van der Waals surface area contributed by atoms with Gasteiger partial charge in [0.1, 0.15) is 0 Å². The third-order valence-corrected chi connectivity index (χ3v) is 4.94. The SMILES string of the molecule is CCOC[C@H]1C(C)NC(C)CC1c1ccc(Cl)c(Cl)c1. The Balaban J connectivity index is 2.25. The highest BCUT2D eigenvalue weighted by atomic mass is 35.5. The second-order valence-corrected chi connectivity index (χ2v) is 6.51. The van der Waals surface area contributed by atoms with Gasteiger partial charge in [0.05, 0.1) is 16.7 Å². The van der Waals surface area contributed by atoms with Crippen molar-refractivity contribution in [3.05, 3.63) is 33.8 Å². The molecule has 1 fully saturated rings.